The lowest BCUT2D eigenvalue weighted by Crippen LogP contribution is -2.08. The molecule has 3 rings (SSSR count). The molecule has 2 heterocycles. The van der Waals surface area contributed by atoms with Crippen molar-refractivity contribution in [1.29, 1.82) is 0 Å². The molecule has 3 aromatic rings. The molecule has 98 valence electrons. The maximum Gasteiger partial charge on any atom is 0.134 e. The Kier molecular flexibility index (Phi) is 2.87. The summed E-state index contributed by atoms with van der Waals surface area (Å²) >= 11 is 0. The molecule has 0 aliphatic rings. The van der Waals surface area contributed by atoms with E-state index in [4.69, 9.17) is 10.2 Å². The minimum absolute atomic E-state index is 0.631. The molecule has 0 amide bonds. The van der Waals surface area contributed by atoms with Crippen molar-refractivity contribution in [2.24, 2.45) is 12.8 Å². The van der Waals surface area contributed by atoms with Crippen molar-refractivity contribution < 1.29 is 4.42 Å². The van der Waals surface area contributed by atoms with Crippen molar-refractivity contribution in [1.82, 2.24) is 9.78 Å². The number of benzene rings is 1. The van der Waals surface area contributed by atoms with Crippen LogP contribution in [0.4, 0.5) is 0 Å². The fraction of sp³-hybridized carbons (Fsp3) is 0.267. The largest absolute Gasteiger partial charge is 0.464 e. The molecule has 0 atom stereocenters. The summed E-state index contributed by atoms with van der Waals surface area (Å²) in [6.45, 7) is 2.72. The Morgan fingerprint density at radius 3 is 2.89 bits per heavy atom. The van der Waals surface area contributed by atoms with E-state index < -0.39 is 0 Å². The molecule has 2 N–H and O–H groups in total. The van der Waals surface area contributed by atoms with Crippen LogP contribution in [0.2, 0.25) is 0 Å². The van der Waals surface area contributed by atoms with Crippen molar-refractivity contribution in [2.45, 2.75) is 13.3 Å². The van der Waals surface area contributed by atoms with Crippen LogP contribution in [0.5, 0.6) is 0 Å². The van der Waals surface area contributed by atoms with Crippen LogP contribution in [0.3, 0.4) is 0 Å². The number of hydrogen-bond donors (Lipinski definition) is 1. The van der Waals surface area contributed by atoms with Crippen LogP contribution >= 0.6 is 0 Å². The number of para-hydroxylation sites is 1. The van der Waals surface area contributed by atoms with Crippen LogP contribution in [-0.2, 0) is 13.5 Å². The Labute approximate surface area is 111 Å². The number of aryl methyl sites for hydroxylation is 1. The van der Waals surface area contributed by atoms with Gasteiger partial charge in [0.15, 0.2) is 0 Å². The number of nitrogens with zero attached hydrogens (tertiary/aromatic N) is 2. The summed E-state index contributed by atoms with van der Waals surface area (Å²) in [5.74, 6) is 0. The van der Waals surface area contributed by atoms with Crippen molar-refractivity contribution in [3.63, 3.8) is 0 Å². The van der Waals surface area contributed by atoms with Crippen molar-refractivity contribution in [3.05, 3.63) is 41.8 Å². The zero-order valence-corrected chi connectivity index (χ0v) is 11.2. The second-order valence-corrected chi connectivity index (χ2v) is 4.73. The summed E-state index contributed by atoms with van der Waals surface area (Å²) in [5.41, 5.74) is 10.9. The number of fused-ring (bicyclic) bond motifs is 1. The van der Waals surface area contributed by atoms with Gasteiger partial charge in [0.25, 0.3) is 0 Å². The van der Waals surface area contributed by atoms with E-state index in [2.05, 4.69) is 18.1 Å². The number of furan rings is 1. The van der Waals surface area contributed by atoms with Crippen LogP contribution < -0.4 is 5.73 Å². The Morgan fingerprint density at radius 2 is 2.11 bits per heavy atom. The van der Waals surface area contributed by atoms with E-state index in [1.54, 1.807) is 6.26 Å². The van der Waals surface area contributed by atoms with Crippen molar-refractivity contribution >= 4 is 11.0 Å². The van der Waals surface area contributed by atoms with Gasteiger partial charge in [-0.3, -0.25) is 4.68 Å². The molecule has 2 aromatic heterocycles. The molecule has 0 unspecified atom stereocenters. The lowest BCUT2D eigenvalue weighted by Gasteiger charge is -2.00. The molecule has 0 radical (unpaired) electrons. The molecular formula is C15H17N3O. The zero-order chi connectivity index (χ0) is 13.4. The minimum atomic E-state index is 0.631. The molecule has 0 aliphatic heterocycles. The van der Waals surface area contributed by atoms with E-state index in [1.165, 1.54) is 11.3 Å². The van der Waals surface area contributed by atoms with Gasteiger partial charge in [-0.25, -0.2) is 0 Å². The fourth-order valence-electron chi connectivity index (χ4n) is 2.57. The summed E-state index contributed by atoms with van der Waals surface area (Å²) in [7, 11) is 1.96. The lowest BCUT2D eigenvalue weighted by atomic mass is 10.1. The third kappa shape index (κ3) is 1.85. The standard InChI is InChI=1S/C15H17N3O/c1-10-13(7-8-16)18(2)17-15(10)12-9-19-14-6-4-3-5-11(12)14/h3-6,9H,7-8,16H2,1-2H3. The maximum atomic E-state index is 5.66. The highest BCUT2D eigenvalue weighted by atomic mass is 16.3. The molecule has 0 saturated heterocycles. The fourth-order valence-corrected chi connectivity index (χ4v) is 2.57. The molecule has 1 aromatic carbocycles. The predicted octanol–water partition coefficient (Wildman–Crippen LogP) is 2.64. The smallest absolute Gasteiger partial charge is 0.134 e. The second kappa shape index (κ2) is 4.55. The van der Waals surface area contributed by atoms with E-state index in [9.17, 15) is 0 Å². The van der Waals surface area contributed by atoms with Gasteiger partial charge in [-0.05, 0) is 25.1 Å². The molecule has 4 heteroatoms. The van der Waals surface area contributed by atoms with Gasteiger partial charge in [-0.2, -0.15) is 5.10 Å². The highest BCUT2D eigenvalue weighted by Crippen LogP contribution is 2.32. The van der Waals surface area contributed by atoms with Crippen molar-refractivity contribution in [3.8, 4) is 11.3 Å². The van der Waals surface area contributed by atoms with Crippen LogP contribution in [0.1, 0.15) is 11.3 Å². The molecule has 0 saturated carbocycles. The lowest BCUT2D eigenvalue weighted by molar-refractivity contribution is 0.616. The highest BCUT2D eigenvalue weighted by Gasteiger charge is 2.17. The summed E-state index contributed by atoms with van der Waals surface area (Å²) in [4.78, 5) is 0. The van der Waals surface area contributed by atoms with E-state index in [1.807, 2.05) is 29.9 Å². The predicted molar refractivity (Wildman–Crippen MR) is 75.9 cm³/mol. The Morgan fingerprint density at radius 1 is 1.32 bits per heavy atom. The van der Waals surface area contributed by atoms with Crippen molar-refractivity contribution in [2.75, 3.05) is 6.54 Å². The Hall–Kier alpha value is -2.07. The summed E-state index contributed by atoms with van der Waals surface area (Å²) in [6, 6.07) is 8.02. The SMILES string of the molecule is Cc1c(-c2coc3ccccc23)nn(C)c1CCN. The van der Waals surface area contributed by atoms with Gasteiger partial charge in [-0.15, -0.1) is 0 Å². The van der Waals surface area contributed by atoms with Crippen LogP contribution in [0, 0.1) is 6.92 Å². The van der Waals surface area contributed by atoms with Crippen LogP contribution in [0.25, 0.3) is 22.2 Å². The number of rotatable bonds is 3. The number of aromatic nitrogens is 2. The molecule has 0 spiro atoms. The number of hydrogen-bond acceptors (Lipinski definition) is 3. The first-order chi connectivity index (χ1) is 9.22. The zero-order valence-electron chi connectivity index (χ0n) is 11.2. The van der Waals surface area contributed by atoms with E-state index in [0.717, 1.165) is 28.6 Å². The quantitative estimate of drug-likeness (QED) is 0.782. The van der Waals surface area contributed by atoms with E-state index >= 15 is 0 Å². The second-order valence-electron chi connectivity index (χ2n) is 4.73. The third-order valence-corrected chi connectivity index (χ3v) is 3.55. The first kappa shape index (κ1) is 12.0. The normalized spacial score (nSPS) is 11.3. The molecular weight excluding hydrogens is 238 g/mol. The average Bonchev–Trinajstić information content (AvgIpc) is 2.95. The van der Waals surface area contributed by atoms with E-state index in [-0.39, 0.29) is 0 Å². The van der Waals surface area contributed by atoms with Gasteiger partial charge in [0.1, 0.15) is 11.8 Å². The van der Waals surface area contributed by atoms with Gasteiger partial charge >= 0.3 is 0 Å². The topological polar surface area (TPSA) is 57.0 Å². The third-order valence-electron chi connectivity index (χ3n) is 3.55. The molecule has 0 bridgehead atoms. The average molecular weight is 255 g/mol. The first-order valence-corrected chi connectivity index (χ1v) is 6.41. The summed E-state index contributed by atoms with van der Waals surface area (Å²) < 4.78 is 7.51. The van der Waals surface area contributed by atoms with Crippen LogP contribution in [-0.4, -0.2) is 16.3 Å². The first-order valence-electron chi connectivity index (χ1n) is 6.41. The van der Waals surface area contributed by atoms with Gasteiger partial charge in [0.2, 0.25) is 0 Å². The van der Waals surface area contributed by atoms with Gasteiger partial charge in [0, 0.05) is 30.1 Å². The Balaban J connectivity index is 2.19. The highest BCUT2D eigenvalue weighted by molar-refractivity contribution is 5.93. The van der Waals surface area contributed by atoms with Gasteiger partial charge in [-0.1, -0.05) is 18.2 Å². The molecule has 0 aliphatic carbocycles. The monoisotopic (exact) mass is 255 g/mol. The van der Waals surface area contributed by atoms with Gasteiger partial charge < -0.3 is 10.2 Å². The molecule has 4 nitrogen and oxygen atoms in total. The van der Waals surface area contributed by atoms with Gasteiger partial charge in [0.05, 0.1) is 5.69 Å². The summed E-state index contributed by atoms with van der Waals surface area (Å²) in [6.07, 6.45) is 2.62. The summed E-state index contributed by atoms with van der Waals surface area (Å²) in [5, 5.41) is 5.72. The Bertz CT molecular complexity index is 724. The molecule has 0 fully saturated rings. The van der Waals surface area contributed by atoms with Crippen LogP contribution in [0.15, 0.2) is 34.9 Å². The van der Waals surface area contributed by atoms with E-state index in [0.29, 0.717) is 6.54 Å². The maximum absolute atomic E-state index is 5.66. The molecule has 19 heavy (non-hydrogen) atoms. The number of nitrogens with two attached hydrogens (primary N) is 1. The minimum Gasteiger partial charge on any atom is -0.464 e.